The standard InChI is InChI=1S/C23H22N4O3/c28-23(25-24-15-21-12-7-13-22(14-21)27(29)30)18-26(16-19-8-3-1-4-9-19)17-20-10-5-2-6-11-20/h1-15H,16-18H2,(H,25,28)/b24-15+. The largest absolute Gasteiger partial charge is 0.286 e. The minimum absolute atomic E-state index is 0.0258. The number of nitrogens with zero attached hydrogens (tertiary/aromatic N) is 3. The van der Waals surface area contributed by atoms with Crippen molar-refractivity contribution in [3.05, 3.63) is 112 Å². The Morgan fingerprint density at radius 1 is 0.933 bits per heavy atom. The molecule has 0 unspecified atom stereocenters. The van der Waals surface area contributed by atoms with E-state index >= 15 is 0 Å². The van der Waals surface area contributed by atoms with Crippen LogP contribution in [0.2, 0.25) is 0 Å². The first kappa shape index (κ1) is 20.9. The van der Waals surface area contributed by atoms with Crippen molar-refractivity contribution in [1.82, 2.24) is 10.3 Å². The Labute approximate surface area is 174 Å². The molecule has 0 bridgehead atoms. The van der Waals surface area contributed by atoms with Crippen molar-refractivity contribution < 1.29 is 9.72 Å². The maximum atomic E-state index is 12.4. The molecule has 0 aliphatic carbocycles. The van der Waals surface area contributed by atoms with Crippen LogP contribution in [0.15, 0.2) is 90.0 Å². The third-order valence-corrected chi connectivity index (χ3v) is 4.35. The summed E-state index contributed by atoms with van der Waals surface area (Å²) >= 11 is 0. The highest BCUT2D eigenvalue weighted by atomic mass is 16.6. The zero-order valence-electron chi connectivity index (χ0n) is 16.3. The number of non-ortho nitro benzene ring substituents is 1. The van der Waals surface area contributed by atoms with Crippen LogP contribution in [-0.2, 0) is 17.9 Å². The van der Waals surface area contributed by atoms with Gasteiger partial charge in [-0.2, -0.15) is 5.10 Å². The number of amides is 1. The average molecular weight is 402 g/mol. The van der Waals surface area contributed by atoms with Gasteiger partial charge in [0.15, 0.2) is 0 Å². The number of benzene rings is 3. The van der Waals surface area contributed by atoms with Crippen molar-refractivity contribution in [1.29, 1.82) is 0 Å². The zero-order valence-corrected chi connectivity index (χ0v) is 16.3. The lowest BCUT2D eigenvalue weighted by Gasteiger charge is -2.21. The fourth-order valence-corrected chi connectivity index (χ4v) is 2.99. The molecule has 0 atom stereocenters. The number of nitro groups is 1. The molecule has 0 aliphatic heterocycles. The summed E-state index contributed by atoms with van der Waals surface area (Å²) in [6.45, 7) is 1.41. The predicted octanol–water partition coefficient (Wildman–Crippen LogP) is 3.75. The van der Waals surface area contributed by atoms with Crippen molar-refractivity contribution in [2.45, 2.75) is 13.1 Å². The van der Waals surface area contributed by atoms with Crippen LogP contribution in [-0.4, -0.2) is 28.5 Å². The Hall–Kier alpha value is -3.84. The number of carbonyl (C=O) groups is 1. The predicted molar refractivity (Wildman–Crippen MR) is 116 cm³/mol. The molecule has 3 aromatic rings. The Bertz CT molecular complexity index is 966. The van der Waals surface area contributed by atoms with E-state index in [9.17, 15) is 14.9 Å². The lowest BCUT2D eigenvalue weighted by atomic mass is 10.1. The number of hydrogen-bond acceptors (Lipinski definition) is 5. The Morgan fingerprint density at radius 3 is 2.10 bits per heavy atom. The van der Waals surface area contributed by atoms with Gasteiger partial charge in [-0.15, -0.1) is 0 Å². The van der Waals surface area contributed by atoms with Crippen molar-refractivity contribution in [3.8, 4) is 0 Å². The number of hydrogen-bond donors (Lipinski definition) is 1. The molecule has 1 N–H and O–H groups in total. The fraction of sp³-hybridized carbons (Fsp3) is 0.130. The summed E-state index contributed by atoms with van der Waals surface area (Å²) in [5.74, 6) is -0.261. The van der Waals surface area contributed by atoms with Gasteiger partial charge in [0, 0.05) is 30.8 Å². The molecule has 0 fully saturated rings. The molecule has 3 rings (SSSR count). The lowest BCUT2D eigenvalue weighted by Crippen LogP contribution is -2.34. The summed E-state index contributed by atoms with van der Waals surface area (Å²) < 4.78 is 0. The summed E-state index contributed by atoms with van der Waals surface area (Å²) in [5.41, 5.74) is 5.24. The van der Waals surface area contributed by atoms with Gasteiger partial charge >= 0.3 is 0 Å². The lowest BCUT2D eigenvalue weighted by molar-refractivity contribution is -0.384. The van der Waals surface area contributed by atoms with Gasteiger partial charge in [0.25, 0.3) is 11.6 Å². The molecular weight excluding hydrogens is 380 g/mol. The van der Waals surface area contributed by atoms with Gasteiger partial charge in [0.1, 0.15) is 0 Å². The molecule has 0 spiro atoms. The molecule has 0 saturated heterocycles. The fourth-order valence-electron chi connectivity index (χ4n) is 2.99. The van der Waals surface area contributed by atoms with E-state index < -0.39 is 4.92 Å². The minimum Gasteiger partial charge on any atom is -0.286 e. The first-order valence-corrected chi connectivity index (χ1v) is 9.47. The summed E-state index contributed by atoms with van der Waals surface area (Å²) in [6.07, 6.45) is 1.39. The highest BCUT2D eigenvalue weighted by Crippen LogP contribution is 2.12. The first-order valence-electron chi connectivity index (χ1n) is 9.47. The van der Waals surface area contributed by atoms with Gasteiger partial charge in [-0.1, -0.05) is 72.8 Å². The smallest absolute Gasteiger partial charge is 0.270 e. The van der Waals surface area contributed by atoms with Crippen molar-refractivity contribution in [3.63, 3.8) is 0 Å². The molecule has 152 valence electrons. The monoisotopic (exact) mass is 402 g/mol. The summed E-state index contributed by atoms with van der Waals surface area (Å²) in [7, 11) is 0. The van der Waals surface area contributed by atoms with Crippen LogP contribution >= 0.6 is 0 Å². The quantitative estimate of drug-likeness (QED) is 0.335. The second kappa shape index (κ2) is 10.6. The highest BCUT2D eigenvalue weighted by Gasteiger charge is 2.12. The molecule has 1 amide bonds. The summed E-state index contributed by atoms with van der Waals surface area (Å²) in [6, 6.07) is 26.0. The molecule has 0 heterocycles. The van der Waals surface area contributed by atoms with Crippen LogP contribution in [0, 0.1) is 10.1 Å². The van der Waals surface area contributed by atoms with E-state index in [4.69, 9.17) is 0 Å². The SMILES string of the molecule is O=C(CN(Cc1ccccc1)Cc1ccccc1)N/N=C/c1cccc([N+](=O)[O-])c1. The molecule has 7 nitrogen and oxygen atoms in total. The molecule has 30 heavy (non-hydrogen) atoms. The van der Waals surface area contributed by atoms with Gasteiger partial charge in [-0.05, 0) is 11.1 Å². The molecule has 0 saturated carbocycles. The summed E-state index contributed by atoms with van der Waals surface area (Å²) in [5, 5.41) is 14.8. The van der Waals surface area contributed by atoms with E-state index in [1.807, 2.05) is 65.6 Å². The number of nitrogens with one attached hydrogen (secondary N) is 1. The molecule has 3 aromatic carbocycles. The van der Waals surface area contributed by atoms with Crippen molar-refractivity contribution in [2.24, 2.45) is 5.10 Å². The third kappa shape index (κ3) is 6.65. The van der Waals surface area contributed by atoms with Crippen molar-refractivity contribution >= 4 is 17.8 Å². The Balaban J connectivity index is 1.62. The van der Waals surface area contributed by atoms with E-state index in [0.717, 1.165) is 11.1 Å². The van der Waals surface area contributed by atoms with E-state index in [2.05, 4.69) is 10.5 Å². The first-order chi connectivity index (χ1) is 14.6. The van der Waals surface area contributed by atoms with E-state index in [0.29, 0.717) is 18.7 Å². The topological polar surface area (TPSA) is 87.8 Å². The molecular formula is C23H22N4O3. The molecule has 0 aromatic heterocycles. The maximum Gasteiger partial charge on any atom is 0.270 e. The van der Waals surface area contributed by atoms with Gasteiger partial charge in [-0.3, -0.25) is 19.8 Å². The number of hydrazone groups is 1. The van der Waals surface area contributed by atoms with Gasteiger partial charge in [-0.25, -0.2) is 5.43 Å². The van der Waals surface area contributed by atoms with Crippen LogP contribution in [0.3, 0.4) is 0 Å². The summed E-state index contributed by atoms with van der Waals surface area (Å²) in [4.78, 5) is 24.8. The maximum absolute atomic E-state index is 12.4. The van der Waals surface area contributed by atoms with Crippen LogP contribution in [0.4, 0.5) is 5.69 Å². The number of rotatable bonds is 9. The second-order valence-corrected chi connectivity index (χ2v) is 6.76. The second-order valence-electron chi connectivity index (χ2n) is 6.76. The van der Waals surface area contributed by atoms with E-state index in [-0.39, 0.29) is 18.1 Å². The Morgan fingerprint density at radius 2 is 1.53 bits per heavy atom. The van der Waals surface area contributed by atoms with Gasteiger partial charge in [0.2, 0.25) is 0 Å². The average Bonchev–Trinajstić information content (AvgIpc) is 2.75. The molecule has 0 radical (unpaired) electrons. The van der Waals surface area contributed by atoms with Crippen molar-refractivity contribution in [2.75, 3.05) is 6.54 Å². The van der Waals surface area contributed by atoms with Crippen LogP contribution in [0.25, 0.3) is 0 Å². The highest BCUT2D eigenvalue weighted by molar-refractivity contribution is 5.83. The van der Waals surface area contributed by atoms with E-state index in [1.165, 1.54) is 18.3 Å². The van der Waals surface area contributed by atoms with Gasteiger partial charge < -0.3 is 0 Å². The normalized spacial score (nSPS) is 11.0. The van der Waals surface area contributed by atoms with Crippen LogP contribution in [0.1, 0.15) is 16.7 Å². The number of carbonyl (C=O) groups excluding carboxylic acids is 1. The molecule has 0 aliphatic rings. The van der Waals surface area contributed by atoms with Gasteiger partial charge in [0.05, 0.1) is 17.7 Å². The number of nitro benzene ring substituents is 1. The minimum atomic E-state index is -0.471. The molecule has 7 heteroatoms. The van der Waals surface area contributed by atoms with Crippen LogP contribution in [0.5, 0.6) is 0 Å². The third-order valence-electron chi connectivity index (χ3n) is 4.35. The zero-order chi connectivity index (χ0) is 21.2. The van der Waals surface area contributed by atoms with E-state index in [1.54, 1.807) is 12.1 Å². The Kier molecular flexibility index (Phi) is 7.40. The van der Waals surface area contributed by atoms with Crippen LogP contribution < -0.4 is 5.43 Å².